The number of hydrogen-bond donors (Lipinski definition) is 2. The van der Waals surface area contributed by atoms with Gasteiger partial charge in [0, 0.05) is 7.11 Å². The zero-order valence-electron chi connectivity index (χ0n) is 27.8. The predicted octanol–water partition coefficient (Wildman–Crippen LogP) is 3.99. The molecular weight excluding hydrogens is 654 g/mol. The van der Waals surface area contributed by atoms with Crippen LogP contribution < -0.4 is 15.4 Å². The number of rotatable bonds is 10. The summed E-state index contributed by atoms with van der Waals surface area (Å²) in [6.07, 6.45) is -1.82. The molecule has 6 atom stereocenters. The van der Waals surface area contributed by atoms with Crippen LogP contribution in [0.5, 0.6) is 5.75 Å². The fourth-order valence-corrected chi connectivity index (χ4v) is 8.09. The number of nitrogens with zero attached hydrogens (tertiary/aromatic N) is 2. The Morgan fingerprint density at radius 1 is 0.824 bits per heavy atom. The minimum absolute atomic E-state index is 0.00736. The zero-order chi connectivity index (χ0) is 35.7. The number of cyclic esters (lactones) is 1. The molecular formula is C39H37N3O9. The molecule has 1 spiro atoms. The number of esters is 1. The van der Waals surface area contributed by atoms with E-state index in [1.54, 1.807) is 48.5 Å². The highest BCUT2D eigenvalue weighted by molar-refractivity contribution is 6.23. The summed E-state index contributed by atoms with van der Waals surface area (Å²) in [6.45, 7) is -0.262. The maximum absolute atomic E-state index is 15.4. The van der Waals surface area contributed by atoms with Crippen LogP contribution in [0.2, 0.25) is 0 Å². The Hall–Kier alpha value is -5.56. The first-order valence-corrected chi connectivity index (χ1v) is 16.6. The van der Waals surface area contributed by atoms with Gasteiger partial charge in [0.2, 0.25) is 11.8 Å². The van der Waals surface area contributed by atoms with Crippen molar-refractivity contribution in [1.29, 1.82) is 0 Å². The Morgan fingerprint density at radius 2 is 1.49 bits per heavy atom. The zero-order valence-corrected chi connectivity index (χ0v) is 27.8. The third-order valence-electron chi connectivity index (χ3n) is 9.90. The first-order chi connectivity index (χ1) is 24.8. The van der Waals surface area contributed by atoms with E-state index in [-0.39, 0.29) is 32.1 Å². The maximum Gasteiger partial charge on any atom is 0.421 e. The predicted molar refractivity (Wildman–Crippen MR) is 183 cm³/mol. The topological polar surface area (TPSA) is 158 Å². The van der Waals surface area contributed by atoms with Crippen molar-refractivity contribution in [3.63, 3.8) is 0 Å². The second-order valence-electron chi connectivity index (χ2n) is 12.6. The van der Waals surface area contributed by atoms with Crippen molar-refractivity contribution in [1.82, 2.24) is 4.90 Å². The molecule has 3 aliphatic heterocycles. The molecule has 3 amide bonds. The number of benzene rings is 4. The first-order valence-electron chi connectivity index (χ1n) is 16.6. The van der Waals surface area contributed by atoms with Gasteiger partial charge in [-0.3, -0.25) is 19.3 Å². The normalized spacial score (nSPS) is 25.3. The van der Waals surface area contributed by atoms with Gasteiger partial charge in [-0.25, -0.2) is 9.69 Å². The highest BCUT2D eigenvalue weighted by atomic mass is 16.6. The number of carbonyl (C=O) groups is 4. The molecule has 0 aliphatic carbocycles. The van der Waals surface area contributed by atoms with Crippen LogP contribution in [0, 0.1) is 5.92 Å². The van der Waals surface area contributed by atoms with Crippen molar-refractivity contribution < 1.29 is 43.2 Å². The third-order valence-corrected chi connectivity index (χ3v) is 9.90. The Bertz CT molecular complexity index is 1940. The molecule has 7 rings (SSSR count). The van der Waals surface area contributed by atoms with Crippen molar-refractivity contribution in [2.75, 3.05) is 38.4 Å². The van der Waals surface area contributed by atoms with E-state index in [0.717, 1.165) is 10.5 Å². The van der Waals surface area contributed by atoms with E-state index < -0.39 is 59.4 Å². The number of nitrogens with two attached hydrogens (primary N) is 1. The van der Waals surface area contributed by atoms with Gasteiger partial charge in [0.1, 0.15) is 36.5 Å². The van der Waals surface area contributed by atoms with Crippen molar-refractivity contribution in [3.05, 3.63) is 131 Å². The lowest BCUT2D eigenvalue weighted by Crippen LogP contribution is -2.55. The number of ether oxygens (including phenoxy) is 4. The molecule has 0 unspecified atom stereocenters. The van der Waals surface area contributed by atoms with Gasteiger partial charge in [-0.15, -0.1) is 0 Å². The van der Waals surface area contributed by atoms with Crippen molar-refractivity contribution >= 4 is 29.6 Å². The molecule has 12 heteroatoms. The molecule has 0 radical (unpaired) electrons. The van der Waals surface area contributed by atoms with Gasteiger partial charge in [0.05, 0.1) is 36.9 Å². The Morgan fingerprint density at radius 3 is 2.18 bits per heavy atom. The van der Waals surface area contributed by atoms with Crippen LogP contribution in [0.25, 0.3) is 0 Å². The number of fused-ring (bicyclic) bond motifs is 3. The summed E-state index contributed by atoms with van der Waals surface area (Å²) in [4.78, 5) is 60.5. The van der Waals surface area contributed by atoms with Crippen molar-refractivity contribution in [2.45, 2.75) is 29.6 Å². The lowest BCUT2D eigenvalue weighted by Gasteiger charge is -2.46. The SMILES string of the molecule is COCCOC(=O)N1C(=O)[C@@]2(c3ccccc31)[C@H](c1cccc(OCCO)c1)N1[C@H](c3ccccc3)[C@H](c3ccccc3)OC(=O)[C@H]1[C@@H]2C(N)=O. The number of aliphatic hydroxyl groups is 1. The highest BCUT2D eigenvalue weighted by Crippen LogP contribution is 2.65. The summed E-state index contributed by atoms with van der Waals surface area (Å²) in [5, 5.41) is 9.52. The summed E-state index contributed by atoms with van der Waals surface area (Å²) < 4.78 is 22.6. The molecule has 3 aliphatic rings. The fraction of sp³-hybridized carbons (Fsp3) is 0.282. The van der Waals surface area contributed by atoms with Gasteiger partial charge in [0.15, 0.2) is 0 Å². The van der Waals surface area contributed by atoms with E-state index >= 15 is 4.79 Å². The van der Waals surface area contributed by atoms with Crippen LogP contribution in [-0.4, -0.2) is 73.5 Å². The molecule has 0 bridgehead atoms. The van der Waals surface area contributed by atoms with Crippen molar-refractivity contribution in [2.24, 2.45) is 11.7 Å². The number of methoxy groups -OCH3 is 1. The van der Waals surface area contributed by atoms with Gasteiger partial charge in [0.25, 0.3) is 0 Å². The molecule has 3 heterocycles. The van der Waals surface area contributed by atoms with E-state index in [1.807, 2.05) is 65.6 Å². The van der Waals surface area contributed by atoms with Crippen LogP contribution >= 0.6 is 0 Å². The summed E-state index contributed by atoms with van der Waals surface area (Å²) in [7, 11) is 1.46. The number of carbonyl (C=O) groups excluding carboxylic acids is 4. The lowest BCUT2D eigenvalue weighted by atomic mass is 9.65. The molecule has 4 aromatic carbocycles. The highest BCUT2D eigenvalue weighted by Gasteiger charge is 2.75. The smallest absolute Gasteiger partial charge is 0.421 e. The minimum Gasteiger partial charge on any atom is -0.491 e. The molecule has 4 aromatic rings. The molecule has 12 nitrogen and oxygen atoms in total. The summed E-state index contributed by atoms with van der Waals surface area (Å²) in [6, 6.07) is 29.1. The van der Waals surface area contributed by atoms with E-state index in [9.17, 15) is 19.5 Å². The van der Waals surface area contributed by atoms with Crippen LogP contribution in [0.15, 0.2) is 109 Å². The summed E-state index contributed by atoms with van der Waals surface area (Å²) in [5.74, 6) is -3.53. The number of imide groups is 1. The largest absolute Gasteiger partial charge is 0.491 e. The second kappa shape index (κ2) is 14.0. The van der Waals surface area contributed by atoms with Gasteiger partial charge in [-0.1, -0.05) is 91.0 Å². The quantitative estimate of drug-likeness (QED) is 0.184. The standard InChI is InChI=1S/C39H37N3O9/c1-48-21-22-50-38(47)41-29-18-9-8-17-28(29)39(37(41)46)30(35(40)44)32-36(45)51-33(25-13-6-3-7-14-25)31(24-11-4-2-5-12-24)42(32)34(39)26-15-10-16-27(23-26)49-20-19-43/h2-18,23,30-34,43H,19-22H2,1H3,(H2,40,44)/t30-,31-,32-,33+,34+,39-/m1/s1. The van der Waals surface area contributed by atoms with Crippen LogP contribution in [0.4, 0.5) is 10.5 Å². The van der Waals surface area contributed by atoms with E-state index in [2.05, 4.69) is 0 Å². The van der Waals surface area contributed by atoms with Gasteiger partial charge in [-0.05, 0) is 40.5 Å². The third kappa shape index (κ3) is 5.52. The van der Waals surface area contributed by atoms with Gasteiger partial charge >= 0.3 is 12.1 Å². The Balaban J connectivity index is 1.53. The number of primary amides is 1. The monoisotopic (exact) mass is 691 g/mol. The average Bonchev–Trinajstić information content (AvgIpc) is 3.61. The van der Waals surface area contributed by atoms with Gasteiger partial charge in [-0.2, -0.15) is 0 Å². The number of anilines is 1. The minimum atomic E-state index is -1.92. The molecule has 51 heavy (non-hydrogen) atoms. The Labute approximate surface area is 294 Å². The number of morpholine rings is 1. The molecule has 2 fully saturated rings. The first kappa shape index (κ1) is 33.9. The maximum atomic E-state index is 15.4. The van der Waals surface area contributed by atoms with Crippen LogP contribution in [-0.2, 0) is 34.0 Å². The number of para-hydroxylation sites is 1. The molecule has 262 valence electrons. The summed E-state index contributed by atoms with van der Waals surface area (Å²) >= 11 is 0. The number of aliphatic hydroxyl groups excluding tert-OH is 1. The Kier molecular flexibility index (Phi) is 9.30. The van der Waals surface area contributed by atoms with E-state index in [0.29, 0.717) is 22.4 Å². The molecule has 0 aromatic heterocycles. The summed E-state index contributed by atoms with van der Waals surface area (Å²) in [5.41, 5.74) is 6.90. The van der Waals surface area contributed by atoms with Crippen LogP contribution in [0.1, 0.15) is 40.4 Å². The second-order valence-corrected chi connectivity index (χ2v) is 12.6. The fourth-order valence-electron chi connectivity index (χ4n) is 8.09. The van der Waals surface area contributed by atoms with Crippen LogP contribution in [0.3, 0.4) is 0 Å². The molecule has 2 saturated heterocycles. The number of hydrogen-bond acceptors (Lipinski definition) is 10. The molecule has 0 saturated carbocycles. The number of amides is 3. The van der Waals surface area contributed by atoms with Crippen molar-refractivity contribution in [3.8, 4) is 5.75 Å². The molecule has 3 N–H and O–H groups in total. The van der Waals surface area contributed by atoms with Gasteiger partial charge < -0.3 is 29.8 Å². The van der Waals surface area contributed by atoms with E-state index in [1.165, 1.54) is 7.11 Å². The van der Waals surface area contributed by atoms with E-state index in [4.69, 9.17) is 24.7 Å². The average molecular weight is 692 g/mol. The lowest BCUT2D eigenvalue weighted by molar-refractivity contribution is -0.178.